The number of hydrogen-bond donors (Lipinski definition) is 0. The first-order valence-electron chi connectivity index (χ1n) is 12.6. The molecule has 4 rings (SSSR count). The van der Waals surface area contributed by atoms with E-state index in [4.69, 9.17) is 9.47 Å². The zero-order valence-corrected chi connectivity index (χ0v) is 24.4. The number of fused-ring (bicyclic) bond motifs is 1. The molecule has 1 aliphatic rings. The van der Waals surface area contributed by atoms with Crippen molar-refractivity contribution >= 4 is 25.4 Å². The molecule has 7 heteroatoms. The van der Waals surface area contributed by atoms with E-state index in [0.29, 0.717) is 11.1 Å². The summed E-state index contributed by atoms with van der Waals surface area (Å²) in [4.78, 5) is 14.9. The van der Waals surface area contributed by atoms with E-state index in [1.165, 1.54) is 24.8 Å². The van der Waals surface area contributed by atoms with Crippen molar-refractivity contribution < 1.29 is 27.4 Å². The average molecular weight is 600 g/mol. The van der Waals surface area contributed by atoms with Crippen LogP contribution in [0.25, 0.3) is 0 Å². The number of alkyl halides is 3. The summed E-state index contributed by atoms with van der Waals surface area (Å²) in [6, 6.07) is 16.4. The maximum atomic E-state index is 13.0. The van der Waals surface area contributed by atoms with Gasteiger partial charge in [0.25, 0.3) is 0 Å². The molecular formula is C32H31F3O3Se. The van der Waals surface area contributed by atoms with E-state index in [2.05, 4.69) is 44.5 Å². The standard InChI is InChI=1S/C32H31F3O3Se/c1-30(2)15-16-31(3,4)28-26(30)18-25(39-17-14-21-6-10-23(11-7-21)29(36)37-5)19-27(28)38-20-22-8-12-24(13-9-22)32(33,34)35/h6-13,18-19H,15-16,20H2,1-5H3. The predicted octanol–water partition coefficient (Wildman–Crippen LogP) is 6.76. The average Bonchev–Trinajstić information content (AvgIpc) is 2.89. The van der Waals surface area contributed by atoms with Gasteiger partial charge in [-0.1, -0.05) is 0 Å². The quantitative estimate of drug-likeness (QED) is 0.185. The number of carbonyl (C=O) groups excluding carboxylic acids is 1. The normalized spacial score (nSPS) is 15.5. The molecule has 3 nitrogen and oxygen atoms in total. The molecule has 3 aromatic rings. The molecule has 3 aromatic carbocycles. The zero-order chi connectivity index (χ0) is 28.4. The first-order chi connectivity index (χ1) is 18.3. The first-order valence-corrected chi connectivity index (χ1v) is 14.4. The van der Waals surface area contributed by atoms with E-state index in [0.717, 1.165) is 46.3 Å². The minimum absolute atomic E-state index is 0.0411. The molecule has 0 aliphatic heterocycles. The summed E-state index contributed by atoms with van der Waals surface area (Å²) < 4.78 is 51.1. The Morgan fingerprint density at radius 2 is 1.59 bits per heavy atom. The van der Waals surface area contributed by atoms with Gasteiger partial charge in [-0.25, -0.2) is 0 Å². The van der Waals surface area contributed by atoms with E-state index in [1.807, 2.05) is 6.07 Å². The molecule has 0 N–H and O–H groups in total. The Bertz CT molecular complexity index is 1410. The van der Waals surface area contributed by atoms with Crippen LogP contribution in [0.15, 0.2) is 60.7 Å². The summed E-state index contributed by atoms with van der Waals surface area (Å²) in [5.74, 6) is 3.56. The van der Waals surface area contributed by atoms with Crippen molar-refractivity contribution in [1.29, 1.82) is 0 Å². The molecule has 0 spiro atoms. The number of carbonyl (C=O) groups is 1. The number of benzene rings is 3. The summed E-state index contributed by atoms with van der Waals surface area (Å²) in [5, 5.41) is 0. The van der Waals surface area contributed by atoms with Gasteiger partial charge in [0.05, 0.1) is 0 Å². The first kappa shape index (κ1) is 28.8. The van der Waals surface area contributed by atoms with Crippen LogP contribution in [-0.2, 0) is 28.4 Å². The molecule has 0 bridgehead atoms. The van der Waals surface area contributed by atoms with Crippen LogP contribution in [0.5, 0.6) is 5.75 Å². The van der Waals surface area contributed by atoms with Crippen molar-refractivity contribution in [1.82, 2.24) is 0 Å². The van der Waals surface area contributed by atoms with E-state index in [9.17, 15) is 18.0 Å². The fourth-order valence-corrected chi connectivity index (χ4v) is 6.10. The van der Waals surface area contributed by atoms with Crippen molar-refractivity contribution in [3.05, 3.63) is 94.0 Å². The Balaban J connectivity index is 1.62. The number of methoxy groups -OCH3 is 1. The van der Waals surface area contributed by atoms with Crippen molar-refractivity contribution in [2.24, 2.45) is 0 Å². The summed E-state index contributed by atoms with van der Waals surface area (Å²) in [6.07, 6.45) is -2.32. The van der Waals surface area contributed by atoms with Crippen LogP contribution in [0.2, 0.25) is 0 Å². The molecule has 39 heavy (non-hydrogen) atoms. The van der Waals surface area contributed by atoms with Gasteiger partial charge in [-0.2, -0.15) is 0 Å². The third kappa shape index (κ3) is 6.69. The van der Waals surface area contributed by atoms with E-state index in [1.54, 1.807) is 24.3 Å². The second kappa shape index (κ2) is 11.1. The summed E-state index contributed by atoms with van der Waals surface area (Å²) in [6.45, 7) is 9.09. The Hall–Kier alpha value is -3.20. The fourth-order valence-electron chi connectivity index (χ4n) is 4.78. The predicted molar refractivity (Wildman–Crippen MR) is 148 cm³/mol. The summed E-state index contributed by atoms with van der Waals surface area (Å²) in [7, 11) is 1.35. The van der Waals surface area contributed by atoms with Crippen LogP contribution in [0.1, 0.15) is 78.7 Å². The Labute approximate surface area is 234 Å². The van der Waals surface area contributed by atoms with E-state index >= 15 is 0 Å². The second-order valence-electron chi connectivity index (χ2n) is 11.0. The molecule has 204 valence electrons. The number of halogens is 3. The Morgan fingerprint density at radius 3 is 2.21 bits per heavy atom. The molecule has 0 unspecified atom stereocenters. The Morgan fingerprint density at radius 1 is 0.949 bits per heavy atom. The number of ether oxygens (including phenoxy) is 2. The van der Waals surface area contributed by atoms with Gasteiger partial charge < -0.3 is 0 Å². The van der Waals surface area contributed by atoms with Gasteiger partial charge in [0.2, 0.25) is 0 Å². The van der Waals surface area contributed by atoms with Crippen LogP contribution >= 0.6 is 0 Å². The van der Waals surface area contributed by atoms with Crippen molar-refractivity contribution in [2.45, 2.75) is 64.1 Å². The molecule has 0 saturated heterocycles. The van der Waals surface area contributed by atoms with E-state index in [-0.39, 0.29) is 38.4 Å². The molecule has 1 aliphatic carbocycles. The summed E-state index contributed by atoms with van der Waals surface area (Å²) >= 11 is -0.166. The van der Waals surface area contributed by atoms with Crippen molar-refractivity contribution in [3.8, 4) is 16.5 Å². The molecule has 0 saturated carbocycles. The third-order valence-corrected chi connectivity index (χ3v) is 8.62. The van der Waals surface area contributed by atoms with Gasteiger partial charge in [-0.3, -0.25) is 0 Å². The Kier molecular flexibility index (Phi) is 8.21. The second-order valence-corrected chi connectivity index (χ2v) is 12.8. The third-order valence-electron chi connectivity index (χ3n) is 7.20. The van der Waals surface area contributed by atoms with Gasteiger partial charge in [0.15, 0.2) is 0 Å². The zero-order valence-electron chi connectivity index (χ0n) is 22.7. The topological polar surface area (TPSA) is 35.5 Å². The SMILES string of the molecule is COC(=O)c1ccc(C#C[Se]c2cc(OCc3ccc(C(F)(F)F)cc3)c3c(c2)C(C)(C)CCC3(C)C)cc1. The van der Waals surface area contributed by atoms with Crippen LogP contribution in [0.3, 0.4) is 0 Å². The molecular weight excluding hydrogens is 568 g/mol. The van der Waals surface area contributed by atoms with Crippen LogP contribution in [-0.4, -0.2) is 28.0 Å². The molecule has 0 atom stereocenters. The molecule has 0 aromatic heterocycles. The van der Waals surface area contributed by atoms with Crippen LogP contribution < -0.4 is 9.20 Å². The van der Waals surface area contributed by atoms with Gasteiger partial charge in [0, 0.05) is 0 Å². The van der Waals surface area contributed by atoms with Gasteiger partial charge in [-0.15, -0.1) is 0 Å². The van der Waals surface area contributed by atoms with Gasteiger partial charge >= 0.3 is 235 Å². The molecule has 0 fully saturated rings. The monoisotopic (exact) mass is 600 g/mol. The van der Waals surface area contributed by atoms with Crippen LogP contribution in [0, 0.1) is 10.7 Å². The van der Waals surface area contributed by atoms with E-state index < -0.39 is 11.7 Å². The minimum atomic E-state index is -4.37. The molecule has 0 radical (unpaired) electrons. The summed E-state index contributed by atoms with van der Waals surface area (Å²) in [5.41, 5.74) is 3.55. The molecule has 0 amide bonds. The molecule has 0 heterocycles. The maximum absolute atomic E-state index is 13.0. The van der Waals surface area contributed by atoms with Gasteiger partial charge in [-0.05, 0) is 0 Å². The number of hydrogen-bond acceptors (Lipinski definition) is 3. The fraction of sp³-hybridized carbons (Fsp3) is 0.344. The van der Waals surface area contributed by atoms with Gasteiger partial charge in [0.1, 0.15) is 0 Å². The van der Waals surface area contributed by atoms with Crippen molar-refractivity contribution in [3.63, 3.8) is 0 Å². The number of rotatable bonds is 5. The number of esters is 1. The van der Waals surface area contributed by atoms with Crippen LogP contribution in [0.4, 0.5) is 13.2 Å². The van der Waals surface area contributed by atoms with Crippen molar-refractivity contribution in [2.75, 3.05) is 7.11 Å².